The van der Waals surface area contributed by atoms with Crippen LogP contribution in [-0.4, -0.2) is 46.7 Å². The molecule has 2 bridgehead atoms. The molecule has 2 unspecified atom stereocenters. The van der Waals surface area contributed by atoms with Crippen molar-refractivity contribution in [2.45, 2.75) is 50.8 Å². The Bertz CT molecular complexity index is 572. The van der Waals surface area contributed by atoms with Crippen molar-refractivity contribution in [3.05, 3.63) is 35.4 Å². The molecule has 1 aromatic rings. The number of amides is 1. The molecule has 2 aliphatic heterocycles. The van der Waals surface area contributed by atoms with E-state index in [9.17, 15) is 9.59 Å². The lowest BCUT2D eigenvalue weighted by molar-refractivity contribution is -0.00946. The zero-order valence-electron chi connectivity index (χ0n) is 12.7. The molecule has 5 nitrogen and oxygen atoms in total. The third-order valence-corrected chi connectivity index (χ3v) is 4.68. The van der Waals surface area contributed by atoms with Crippen molar-refractivity contribution >= 4 is 11.9 Å². The van der Waals surface area contributed by atoms with Crippen molar-refractivity contribution in [3.63, 3.8) is 0 Å². The van der Waals surface area contributed by atoms with Gasteiger partial charge < -0.3 is 14.7 Å². The average molecular weight is 303 g/mol. The predicted molar refractivity (Wildman–Crippen MR) is 81.0 cm³/mol. The van der Waals surface area contributed by atoms with Crippen molar-refractivity contribution < 1.29 is 19.4 Å². The molecular formula is C17H21NO4. The Hall–Kier alpha value is -1.88. The maximum absolute atomic E-state index is 12.8. The summed E-state index contributed by atoms with van der Waals surface area (Å²) in [5.41, 5.74) is 0.619. The molecule has 2 aliphatic rings. The molecule has 0 aliphatic carbocycles. The maximum Gasteiger partial charge on any atom is 0.335 e. The third-order valence-electron chi connectivity index (χ3n) is 4.68. The molecular weight excluding hydrogens is 282 g/mol. The number of carbonyl (C=O) groups is 2. The van der Waals surface area contributed by atoms with Crippen LogP contribution in [0.1, 0.15) is 53.3 Å². The first-order valence-corrected chi connectivity index (χ1v) is 7.87. The molecule has 2 saturated heterocycles. The number of aromatic carboxylic acids is 1. The number of carboxylic acid groups (broad SMARTS) is 1. The van der Waals surface area contributed by atoms with E-state index in [1.54, 1.807) is 12.1 Å². The summed E-state index contributed by atoms with van der Waals surface area (Å²) in [4.78, 5) is 25.8. The van der Waals surface area contributed by atoms with Crippen molar-refractivity contribution in [3.8, 4) is 0 Å². The van der Waals surface area contributed by atoms with Gasteiger partial charge in [0.05, 0.1) is 11.7 Å². The lowest BCUT2D eigenvalue weighted by atomic mass is 9.98. The van der Waals surface area contributed by atoms with Crippen molar-refractivity contribution in [2.24, 2.45) is 0 Å². The van der Waals surface area contributed by atoms with Gasteiger partial charge in [0.25, 0.3) is 5.91 Å². The average Bonchev–Trinajstić information content (AvgIpc) is 2.78. The molecule has 2 atom stereocenters. The Morgan fingerprint density at radius 2 is 1.86 bits per heavy atom. The monoisotopic (exact) mass is 303 g/mol. The molecule has 2 fully saturated rings. The number of piperidine rings is 1. The number of benzene rings is 1. The van der Waals surface area contributed by atoms with Gasteiger partial charge in [0, 0.05) is 24.3 Å². The molecule has 22 heavy (non-hydrogen) atoms. The molecule has 0 radical (unpaired) electrons. The summed E-state index contributed by atoms with van der Waals surface area (Å²) in [6, 6.07) is 6.75. The van der Waals surface area contributed by atoms with Crippen molar-refractivity contribution in [1.82, 2.24) is 4.90 Å². The first-order chi connectivity index (χ1) is 10.6. The van der Waals surface area contributed by atoms with E-state index >= 15 is 0 Å². The van der Waals surface area contributed by atoms with E-state index in [1.165, 1.54) is 12.1 Å². The van der Waals surface area contributed by atoms with Gasteiger partial charge in [-0.3, -0.25) is 4.79 Å². The number of carbonyl (C=O) groups excluding carboxylic acids is 1. The van der Waals surface area contributed by atoms with Crippen LogP contribution in [0.2, 0.25) is 0 Å². The largest absolute Gasteiger partial charge is 0.478 e. The van der Waals surface area contributed by atoms with Crippen molar-refractivity contribution in [1.29, 1.82) is 0 Å². The highest BCUT2D eigenvalue weighted by molar-refractivity contribution is 5.98. The van der Waals surface area contributed by atoms with Gasteiger partial charge >= 0.3 is 5.97 Å². The van der Waals surface area contributed by atoms with Gasteiger partial charge in [0.1, 0.15) is 0 Å². The van der Waals surface area contributed by atoms with Gasteiger partial charge in [0.15, 0.2) is 0 Å². The smallest absolute Gasteiger partial charge is 0.335 e. The number of hydrogen-bond donors (Lipinski definition) is 1. The van der Waals surface area contributed by atoms with E-state index in [1.807, 2.05) is 11.8 Å². The molecule has 1 aromatic carbocycles. The second-order valence-electron chi connectivity index (χ2n) is 6.03. The van der Waals surface area contributed by atoms with Gasteiger partial charge in [0.2, 0.25) is 0 Å². The molecule has 2 heterocycles. The quantitative estimate of drug-likeness (QED) is 0.928. The first kappa shape index (κ1) is 15.0. The first-order valence-electron chi connectivity index (χ1n) is 7.87. The summed E-state index contributed by atoms with van der Waals surface area (Å²) < 4.78 is 5.73. The molecule has 118 valence electrons. The number of nitrogens with zero attached hydrogens (tertiary/aromatic N) is 1. The second-order valence-corrected chi connectivity index (χ2v) is 6.03. The van der Waals surface area contributed by atoms with E-state index in [2.05, 4.69) is 0 Å². The molecule has 0 aromatic heterocycles. The Morgan fingerprint density at radius 1 is 1.23 bits per heavy atom. The molecule has 0 saturated carbocycles. The van der Waals surface area contributed by atoms with Crippen LogP contribution in [0.5, 0.6) is 0 Å². The number of hydrogen-bond acceptors (Lipinski definition) is 3. The van der Waals surface area contributed by atoms with Gasteiger partial charge in [-0.15, -0.1) is 0 Å². The molecule has 1 N–H and O–H groups in total. The zero-order chi connectivity index (χ0) is 15.7. The zero-order valence-corrected chi connectivity index (χ0v) is 12.7. The summed E-state index contributed by atoms with van der Waals surface area (Å²) in [5, 5.41) is 9.07. The van der Waals surface area contributed by atoms with Crippen LogP contribution in [0.25, 0.3) is 0 Å². The lowest BCUT2D eigenvalue weighted by Crippen LogP contribution is -2.48. The molecule has 0 spiro atoms. The van der Waals surface area contributed by atoms with Gasteiger partial charge in [-0.2, -0.15) is 0 Å². The fourth-order valence-corrected chi connectivity index (χ4v) is 3.76. The number of rotatable bonds is 4. The highest BCUT2D eigenvalue weighted by atomic mass is 16.5. The van der Waals surface area contributed by atoms with E-state index in [0.29, 0.717) is 12.2 Å². The van der Waals surface area contributed by atoms with Crippen LogP contribution >= 0.6 is 0 Å². The third kappa shape index (κ3) is 2.73. The van der Waals surface area contributed by atoms with Gasteiger partial charge in [-0.05, 0) is 50.8 Å². The second kappa shape index (κ2) is 6.08. The summed E-state index contributed by atoms with van der Waals surface area (Å²) in [5.74, 6) is -1.06. The Morgan fingerprint density at radius 3 is 2.45 bits per heavy atom. The van der Waals surface area contributed by atoms with Crippen LogP contribution in [0.15, 0.2) is 24.3 Å². The fourth-order valence-electron chi connectivity index (χ4n) is 3.76. The number of fused-ring (bicyclic) bond motifs is 2. The van der Waals surface area contributed by atoms with E-state index in [0.717, 1.165) is 25.7 Å². The standard InChI is InChI=1S/C17H21NO4/c1-2-22-15-9-13-6-7-14(10-15)18(13)16(19)11-4-3-5-12(8-11)17(20)21/h3-5,8,13-15H,2,6-7,9-10H2,1H3,(H,20,21). The van der Waals surface area contributed by atoms with Gasteiger partial charge in [-0.1, -0.05) is 6.07 Å². The minimum atomic E-state index is -1.01. The lowest BCUT2D eigenvalue weighted by Gasteiger charge is -2.38. The molecule has 1 amide bonds. The van der Waals surface area contributed by atoms with Crippen molar-refractivity contribution in [2.75, 3.05) is 6.61 Å². The van der Waals surface area contributed by atoms with Crippen LogP contribution in [0, 0.1) is 0 Å². The van der Waals surface area contributed by atoms with E-state index in [4.69, 9.17) is 9.84 Å². The summed E-state index contributed by atoms with van der Waals surface area (Å²) >= 11 is 0. The highest BCUT2D eigenvalue weighted by Gasteiger charge is 2.43. The fraction of sp³-hybridized carbons (Fsp3) is 0.529. The van der Waals surface area contributed by atoms with Crippen LogP contribution in [0.3, 0.4) is 0 Å². The molecule has 3 rings (SSSR count). The topological polar surface area (TPSA) is 66.8 Å². The minimum absolute atomic E-state index is 0.0504. The van der Waals surface area contributed by atoms with E-state index in [-0.39, 0.29) is 29.7 Å². The highest BCUT2D eigenvalue weighted by Crippen LogP contribution is 2.37. The van der Waals surface area contributed by atoms with Crippen LogP contribution in [-0.2, 0) is 4.74 Å². The van der Waals surface area contributed by atoms with E-state index < -0.39 is 5.97 Å². The van der Waals surface area contributed by atoms with Gasteiger partial charge in [-0.25, -0.2) is 4.79 Å². The molecule has 5 heteroatoms. The maximum atomic E-state index is 12.8. The minimum Gasteiger partial charge on any atom is -0.478 e. The summed E-state index contributed by atoms with van der Waals surface area (Å²) in [6.45, 7) is 2.70. The number of ether oxygens (including phenoxy) is 1. The summed E-state index contributed by atoms with van der Waals surface area (Å²) in [6.07, 6.45) is 4.04. The van der Waals surface area contributed by atoms with Crippen LogP contribution < -0.4 is 0 Å². The normalized spacial score (nSPS) is 27.0. The SMILES string of the molecule is CCOC1CC2CCC(C1)N2C(=O)c1cccc(C(=O)O)c1. The Kier molecular flexibility index (Phi) is 4.16. The van der Waals surface area contributed by atoms with Crippen LogP contribution in [0.4, 0.5) is 0 Å². The Labute approximate surface area is 129 Å². The Balaban J connectivity index is 1.79. The summed E-state index contributed by atoms with van der Waals surface area (Å²) in [7, 11) is 0. The predicted octanol–water partition coefficient (Wildman–Crippen LogP) is 2.56. The number of carboxylic acids is 1.